The van der Waals surface area contributed by atoms with Crippen LogP contribution in [0.15, 0.2) is 28.7 Å². The van der Waals surface area contributed by atoms with Crippen molar-refractivity contribution in [2.24, 2.45) is 0 Å². The van der Waals surface area contributed by atoms with Crippen molar-refractivity contribution in [2.75, 3.05) is 5.32 Å². The van der Waals surface area contributed by atoms with E-state index in [-0.39, 0.29) is 11.0 Å². The third kappa shape index (κ3) is 2.59. The molecule has 0 spiro atoms. The Morgan fingerprint density at radius 2 is 2.00 bits per heavy atom. The number of nitrogens with zero attached hydrogens (tertiary/aromatic N) is 1. The van der Waals surface area contributed by atoms with Crippen LogP contribution in [0.25, 0.3) is 0 Å². The van der Waals surface area contributed by atoms with Crippen LogP contribution in [0, 0.1) is 21.7 Å². The standard InChI is InChI=1S/C11H5ClF2N2O4/c12-8-4-3-7(20-8)11(17)15-10-6(16(18)19)2-1-5(13)9(10)14/h1-4H,(H,15,17). The molecule has 0 fully saturated rings. The number of carbonyl (C=O) groups is 1. The zero-order valence-corrected chi connectivity index (χ0v) is 10.3. The molecule has 0 unspecified atom stereocenters. The number of amides is 1. The Morgan fingerprint density at radius 3 is 2.55 bits per heavy atom. The average molecular weight is 303 g/mol. The number of rotatable bonds is 3. The summed E-state index contributed by atoms with van der Waals surface area (Å²) in [6, 6.07) is 3.77. The Kier molecular flexibility index (Phi) is 3.66. The minimum absolute atomic E-state index is 0.0932. The van der Waals surface area contributed by atoms with Gasteiger partial charge >= 0.3 is 0 Å². The van der Waals surface area contributed by atoms with Crippen LogP contribution >= 0.6 is 11.6 Å². The highest BCUT2D eigenvalue weighted by molar-refractivity contribution is 6.29. The summed E-state index contributed by atoms with van der Waals surface area (Å²) in [6.07, 6.45) is 0. The van der Waals surface area contributed by atoms with Gasteiger partial charge in [0.05, 0.1) is 4.92 Å². The molecule has 6 nitrogen and oxygen atoms in total. The second kappa shape index (κ2) is 5.25. The molecule has 0 saturated carbocycles. The smallest absolute Gasteiger partial charge is 0.296 e. The molecule has 0 aliphatic heterocycles. The minimum Gasteiger partial charge on any atom is -0.440 e. The van der Waals surface area contributed by atoms with Crippen LogP contribution in [0.1, 0.15) is 10.6 Å². The Labute approximate surface area is 115 Å². The highest BCUT2D eigenvalue weighted by atomic mass is 35.5. The van der Waals surface area contributed by atoms with Gasteiger partial charge in [0.15, 0.2) is 28.3 Å². The molecule has 1 aromatic heterocycles. The Hall–Kier alpha value is -2.48. The fourth-order valence-corrected chi connectivity index (χ4v) is 1.57. The van der Waals surface area contributed by atoms with Crippen LogP contribution in [0.2, 0.25) is 5.22 Å². The monoisotopic (exact) mass is 302 g/mol. The second-order valence-electron chi connectivity index (χ2n) is 3.57. The van der Waals surface area contributed by atoms with Gasteiger partial charge in [-0.1, -0.05) is 0 Å². The molecular weight excluding hydrogens is 298 g/mol. The maximum absolute atomic E-state index is 13.6. The molecule has 1 aromatic carbocycles. The molecule has 1 N–H and O–H groups in total. The van der Waals surface area contributed by atoms with Gasteiger partial charge in [0.2, 0.25) is 0 Å². The van der Waals surface area contributed by atoms with E-state index in [4.69, 9.17) is 16.0 Å². The van der Waals surface area contributed by atoms with Crippen molar-refractivity contribution in [2.45, 2.75) is 0 Å². The summed E-state index contributed by atoms with van der Waals surface area (Å²) in [4.78, 5) is 21.5. The molecule has 104 valence electrons. The molecule has 20 heavy (non-hydrogen) atoms. The summed E-state index contributed by atoms with van der Waals surface area (Å²) in [6.45, 7) is 0. The summed E-state index contributed by atoms with van der Waals surface area (Å²) < 4.78 is 31.4. The van der Waals surface area contributed by atoms with Crippen LogP contribution < -0.4 is 5.32 Å². The number of benzene rings is 1. The van der Waals surface area contributed by atoms with E-state index in [9.17, 15) is 23.7 Å². The lowest BCUT2D eigenvalue weighted by Crippen LogP contribution is -2.14. The van der Waals surface area contributed by atoms with Gasteiger partial charge in [-0.15, -0.1) is 0 Å². The van der Waals surface area contributed by atoms with Crippen molar-refractivity contribution in [1.82, 2.24) is 0 Å². The predicted octanol–water partition coefficient (Wildman–Crippen LogP) is 3.37. The summed E-state index contributed by atoms with van der Waals surface area (Å²) in [7, 11) is 0. The van der Waals surface area contributed by atoms with Crippen LogP contribution in [-0.4, -0.2) is 10.8 Å². The molecule has 0 radical (unpaired) electrons. The lowest BCUT2D eigenvalue weighted by Gasteiger charge is -2.06. The van der Waals surface area contributed by atoms with E-state index in [0.717, 1.165) is 6.07 Å². The molecule has 2 rings (SSSR count). The molecule has 0 aliphatic rings. The zero-order valence-electron chi connectivity index (χ0n) is 9.52. The van der Waals surface area contributed by atoms with Gasteiger partial charge in [-0.25, -0.2) is 8.78 Å². The van der Waals surface area contributed by atoms with Crippen molar-refractivity contribution in [3.8, 4) is 0 Å². The molecule has 1 heterocycles. The molecule has 0 aliphatic carbocycles. The Morgan fingerprint density at radius 1 is 1.30 bits per heavy atom. The summed E-state index contributed by atoms with van der Waals surface area (Å²) in [5, 5.41) is 12.5. The lowest BCUT2D eigenvalue weighted by molar-refractivity contribution is -0.384. The molecule has 2 aromatic rings. The molecule has 1 amide bonds. The SMILES string of the molecule is O=C(Nc1c([N+](=O)[O-])ccc(F)c1F)c1ccc(Cl)o1. The van der Waals surface area contributed by atoms with Gasteiger partial charge in [-0.2, -0.15) is 0 Å². The first-order valence-electron chi connectivity index (χ1n) is 5.09. The average Bonchev–Trinajstić information content (AvgIpc) is 2.81. The molecule has 0 bridgehead atoms. The third-order valence-corrected chi connectivity index (χ3v) is 2.51. The number of anilines is 1. The van der Waals surface area contributed by atoms with E-state index in [2.05, 4.69) is 0 Å². The number of nitro benzene ring substituents is 1. The highest BCUT2D eigenvalue weighted by Gasteiger charge is 2.24. The number of hydrogen-bond acceptors (Lipinski definition) is 4. The van der Waals surface area contributed by atoms with Crippen LogP contribution in [0.4, 0.5) is 20.2 Å². The van der Waals surface area contributed by atoms with Crippen molar-refractivity contribution in [3.63, 3.8) is 0 Å². The second-order valence-corrected chi connectivity index (χ2v) is 3.94. The van der Waals surface area contributed by atoms with Crippen molar-refractivity contribution < 1.29 is 22.9 Å². The minimum atomic E-state index is -1.54. The fraction of sp³-hybridized carbons (Fsp3) is 0. The topological polar surface area (TPSA) is 85.4 Å². The van der Waals surface area contributed by atoms with Gasteiger partial charge in [-0.3, -0.25) is 14.9 Å². The zero-order chi connectivity index (χ0) is 14.9. The van der Waals surface area contributed by atoms with Crippen molar-refractivity contribution >= 4 is 28.9 Å². The summed E-state index contributed by atoms with van der Waals surface area (Å²) >= 11 is 5.46. The van der Waals surface area contributed by atoms with Crippen molar-refractivity contribution in [3.05, 3.63) is 57.0 Å². The molecule has 0 saturated heterocycles. The molecule has 9 heteroatoms. The van der Waals surface area contributed by atoms with Gasteiger partial charge in [0.25, 0.3) is 11.6 Å². The Balaban J connectivity index is 2.40. The van der Waals surface area contributed by atoms with E-state index < -0.39 is 33.8 Å². The number of hydrogen-bond donors (Lipinski definition) is 1. The lowest BCUT2D eigenvalue weighted by atomic mass is 10.2. The number of carbonyl (C=O) groups excluding carboxylic acids is 1. The van der Waals surface area contributed by atoms with Gasteiger partial charge in [-0.05, 0) is 29.8 Å². The van der Waals surface area contributed by atoms with E-state index in [1.807, 2.05) is 5.32 Å². The van der Waals surface area contributed by atoms with Gasteiger partial charge in [0, 0.05) is 6.07 Å². The van der Waals surface area contributed by atoms with Crippen LogP contribution in [0.3, 0.4) is 0 Å². The van der Waals surface area contributed by atoms with Crippen molar-refractivity contribution in [1.29, 1.82) is 0 Å². The molecular formula is C11H5ClF2N2O4. The maximum Gasteiger partial charge on any atom is 0.296 e. The largest absolute Gasteiger partial charge is 0.440 e. The predicted molar refractivity (Wildman–Crippen MR) is 64.7 cm³/mol. The highest BCUT2D eigenvalue weighted by Crippen LogP contribution is 2.29. The quantitative estimate of drug-likeness (QED) is 0.695. The van der Waals surface area contributed by atoms with Gasteiger partial charge in [0.1, 0.15) is 0 Å². The Bertz CT molecular complexity index is 702. The third-order valence-electron chi connectivity index (χ3n) is 2.31. The number of nitro groups is 1. The van der Waals surface area contributed by atoms with Crippen LogP contribution in [0.5, 0.6) is 0 Å². The first kappa shape index (κ1) is 13.9. The summed E-state index contributed by atoms with van der Waals surface area (Å²) in [5.74, 6) is -4.16. The maximum atomic E-state index is 13.6. The molecule has 0 atom stereocenters. The van der Waals surface area contributed by atoms with E-state index in [0.29, 0.717) is 6.07 Å². The van der Waals surface area contributed by atoms with E-state index >= 15 is 0 Å². The first-order valence-corrected chi connectivity index (χ1v) is 5.47. The number of halogens is 3. The first-order chi connectivity index (χ1) is 9.40. The fourth-order valence-electron chi connectivity index (χ4n) is 1.42. The van der Waals surface area contributed by atoms with Crippen LogP contribution in [-0.2, 0) is 0 Å². The van der Waals surface area contributed by atoms with Gasteiger partial charge < -0.3 is 9.73 Å². The normalized spacial score (nSPS) is 10.3. The number of nitrogens with one attached hydrogen (secondary N) is 1. The summed E-state index contributed by atoms with van der Waals surface area (Å²) in [5.41, 5.74) is -1.66. The van der Waals surface area contributed by atoms with E-state index in [1.165, 1.54) is 12.1 Å². The number of furan rings is 1. The van der Waals surface area contributed by atoms with E-state index in [1.54, 1.807) is 0 Å².